The van der Waals surface area contributed by atoms with Gasteiger partial charge in [-0.1, -0.05) is 43.0 Å². The largest absolute Gasteiger partial charge is 1.00 e. The SMILES string of the molecule is C=CCOc1c(S(=O)(=O)[O-])c2ccc3ccc(S(=O)(=O)[O-])c4ccc(c1S(=O)(=O)[O-])c2c34.[Na+].[Na+].[Na+]. The summed E-state index contributed by atoms with van der Waals surface area (Å²) in [5.74, 6) is -0.947. The van der Waals surface area contributed by atoms with E-state index >= 15 is 0 Å². The van der Waals surface area contributed by atoms with Crippen LogP contribution in [0, 0.1) is 0 Å². The molecule has 0 aliphatic rings. The smallest absolute Gasteiger partial charge is 0.744 e. The number of ether oxygens (including phenoxy) is 1. The van der Waals surface area contributed by atoms with E-state index in [9.17, 15) is 38.9 Å². The van der Waals surface area contributed by atoms with Crippen molar-refractivity contribution < 1.29 is 132 Å². The Bertz CT molecular complexity index is 1710. The summed E-state index contributed by atoms with van der Waals surface area (Å²) in [6.07, 6.45) is 1.15. The van der Waals surface area contributed by atoms with E-state index < -0.39 is 57.4 Å². The van der Waals surface area contributed by atoms with Gasteiger partial charge in [-0.3, -0.25) is 0 Å². The van der Waals surface area contributed by atoms with Gasteiger partial charge in [0, 0.05) is 21.5 Å². The van der Waals surface area contributed by atoms with Gasteiger partial charge in [-0.15, -0.1) is 0 Å². The van der Waals surface area contributed by atoms with Crippen LogP contribution in [-0.2, 0) is 30.4 Å². The first-order valence-electron chi connectivity index (χ1n) is 8.65. The number of rotatable bonds is 6. The Kier molecular flexibility index (Phi) is 10.9. The Hall–Kier alpha value is 0.190. The fourth-order valence-electron chi connectivity index (χ4n) is 3.84. The van der Waals surface area contributed by atoms with E-state index in [1.54, 1.807) is 0 Å². The zero-order chi connectivity index (χ0) is 23.6. The molecule has 16 heteroatoms. The van der Waals surface area contributed by atoms with E-state index in [1.807, 2.05) is 0 Å². The van der Waals surface area contributed by atoms with Crippen molar-refractivity contribution >= 4 is 62.7 Å². The molecule has 4 aromatic carbocycles. The first-order valence-corrected chi connectivity index (χ1v) is 12.9. The molecular formula is C19H11Na3O10S3. The molecule has 0 aromatic heterocycles. The third-order valence-electron chi connectivity index (χ3n) is 4.89. The zero-order valence-corrected chi connectivity index (χ0v) is 27.2. The Morgan fingerprint density at radius 3 is 1.60 bits per heavy atom. The van der Waals surface area contributed by atoms with Crippen LogP contribution in [0.5, 0.6) is 5.75 Å². The summed E-state index contributed by atoms with van der Waals surface area (Å²) in [6.45, 7) is 2.95. The summed E-state index contributed by atoms with van der Waals surface area (Å²) in [5.41, 5.74) is 0. The molecule has 0 N–H and O–H groups in total. The maximum atomic E-state index is 12.2. The Morgan fingerprint density at radius 1 is 0.686 bits per heavy atom. The summed E-state index contributed by atoms with van der Waals surface area (Å²) in [6, 6.07) is 7.09. The molecule has 0 aliphatic heterocycles. The van der Waals surface area contributed by atoms with Crippen LogP contribution >= 0.6 is 0 Å². The van der Waals surface area contributed by atoms with Gasteiger partial charge in [0.2, 0.25) is 0 Å². The van der Waals surface area contributed by atoms with Gasteiger partial charge in [-0.05, 0) is 16.8 Å². The third-order valence-corrected chi connectivity index (χ3v) is 7.59. The fraction of sp³-hybridized carbons (Fsp3) is 0.0526. The molecular weight excluding hydrogens is 553 g/mol. The van der Waals surface area contributed by atoms with Gasteiger partial charge in [-0.25, -0.2) is 25.3 Å². The summed E-state index contributed by atoms with van der Waals surface area (Å²) in [7, 11) is -15.8. The molecule has 35 heavy (non-hydrogen) atoms. The van der Waals surface area contributed by atoms with Crippen LogP contribution in [0.15, 0.2) is 63.7 Å². The summed E-state index contributed by atoms with van der Waals surface area (Å²) in [4.78, 5) is -2.82. The van der Waals surface area contributed by atoms with Crippen LogP contribution in [0.3, 0.4) is 0 Å². The van der Waals surface area contributed by atoms with Crippen molar-refractivity contribution in [2.45, 2.75) is 14.7 Å². The molecule has 4 aromatic rings. The van der Waals surface area contributed by atoms with Gasteiger partial charge in [-0.2, -0.15) is 0 Å². The maximum absolute atomic E-state index is 12.2. The summed E-state index contributed by atoms with van der Waals surface area (Å²) < 4.78 is 113. The zero-order valence-electron chi connectivity index (χ0n) is 18.8. The summed E-state index contributed by atoms with van der Waals surface area (Å²) in [5, 5.41) is -0.574. The van der Waals surface area contributed by atoms with Crippen molar-refractivity contribution in [3.8, 4) is 5.75 Å². The normalized spacial score (nSPS) is 12.1. The van der Waals surface area contributed by atoms with Crippen LogP contribution in [0.4, 0.5) is 0 Å². The Morgan fingerprint density at radius 2 is 1.14 bits per heavy atom. The average Bonchev–Trinajstić information content (AvgIpc) is 2.66. The van der Waals surface area contributed by atoms with E-state index in [2.05, 4.69) is 6.58 Å². The minimum absolute atomic E-state index is 0. The van der Waals surface area contributed by atoms with Crippen LogP contribution in [0.2, 0.25) is 0 Å². The monoisotopic (exact) mass is 564 g/mol. The molecule has 4 rings (SSSR count). The van der Waals surface area contributed by atoms with Gasteiger partial charge in [0.1, 0.15) is 46.8 Å². The van der Waals surface area contributed by atoms with Crippen LogP contribution < -0.4 is 93.4 Å². The molecule has 0 radical (unpaired) electrons. The predicted octanol–water partition coefficient (Wildman–Crippen LogP) is -7.13. The van der Waals surface area contributed by atoms with Gasteiger partial charge in [0.05, 0.1) is 4.90 Å². The first-order chi connectivity index (χ1) is 14.8. The molecule has 0 unspecified atom stereocenters. The standard InChI is InChI=1S/C19H14O10S3.3Na/c1-2-9-29-17-18(31(23,24)25)12-5-3-10-4-8-14(30(20,21)22)11-6-7-13(16(12)15(10)11)19(17)32(26,27)28;;;/h2-8H,1,9H2,(H,20,21,22)(H,23,24,25)(H,26,27,28);;;/q;3*+1/p-3. The fourth-order valence-corrected chi connectivity index (χ4v) is 6.23. The van der Waals surface area contributed by atoms with E-state index in [-0.39, 0.29) is 116 Å². The molecule has 0 bridgehead atoms. The average molecular weight is 564 g/mol. The van der Waals surface area contributed by atoms with Crippen molar-refractivity contribution in [1.82, 2.24) is 0 Å². The topological polar surface area (TPSA) is 181 Å². The molecule has 0 atom stereocenters. The number of hydrogen-bond donors (Lipinski definition) is 0. The first kappa shape index (κ1) is 33.2. The van der Waals surface area contributed by atoms with Crippen LogP contribution in [0.1, 0.15) is 0 Å². The van der Waals surface area contributed by atoms with E-state index in [0.717, 1.165) is 24.3 Å². The van der Waals surface area contributed by atoms with E-state index in [4.69, 9.17) is 4.74 Å². The molecule has 0 saturated carbocycles. The predicted molar refractivity (Wildman–Crippen MR) is 110 cm³/mol. The van der Waals surface area contributed by atoms with Gasteiger partial charge in [0.15, 0.2) is 5.75 Å². The van der Waals surface area contributed by atoms with Crippen LogP contribution in [-0.4, -0.2) is 45.5 Å². The van der Waals surface area contributed by atoms with Crippen molar-refractivity contribution in [2.75, 3.05) is 6.61 Å². The van der Waals surface area contributed by atoms with Gasteiger partial charge < -0.3 is 18.4 Å². The van der Waals surface area contributed by atoms with Crippen molar-refractivity contribution in [1.29, 1.82) is 0 Å². The molecule has 0 aliphatic carbocycles. The van der Waals surface area contributed by atoms with E-state index in [0.29, 0.717) is 5.39 Å². The number of hydrogen-bond acceptors (Lipinski definition) is 10. The second kappa shape index (κ2) is 11.5. The maximum Gasteiger partial charge on any atom is 1.00 e. The second-order valence-electron chi connectivity index (χ2n) is 6.76. The van der Waals surface area contributed by atoms with Crippen LogP contribution in [0.25, 0.3) is 32.3 Å². The second-order valence-corrected chi connectivity index (χ2v) is 10.7. The van der Waals surface area contributed by atoms with Crippen molar-refractivity contribution in [3.63, 3.8) is 0 Å². The molecule has 168 valence electrons. The Balaban J connectivity index is 0.00000204. The summed E-state index contributed by atoms with van der Waals surface area (Å²) >= 11 is 0. The number of benzene rings is 4. The molecule has 0 amide bonds. The molecule has 0 fully saturated rings. The minimum Gasteiger partial charge on any atom is -0.744 e. The van der Waals surface area contributed by atoms with Gasteiger partial charge >= 0.3 is 88.7 Å². The quantitative estimate of drug-likeness (QED) is 0.0945. The minimum atomic E-state index is -5.40. The molecule has 0 heterocycles. The van der Waals surface area contributed by atoms with Crippen molar-refractivity contribution in [2.24, 2.45) is 0 Å². The molecule has 10 nitrogen and oxygen atoms in total. The third kappa shape index (κ3) is 5.95. The van der Waals surface area contributed by atoms with E-state index in [1.165, 1.54) is 18.2 Å². The molecule has 0 spiro atoms. The molecule has 0 saturated heterocycles. The van der Waals surface area contributed by atoms with Gasteiger partial charge in [0.25, 0.3) is 0 Å². The Labute approximate surface area is 267 Å². The van der Waals surface area contributed by atoms with Crippen molar-refractivity contribution in [3.05, 3.63) is 49.1 Å².